The Balaban J connectivity index is 1.83. The minimum absolute atomic E-state index is 0.0630. The van der Waals surface area contributed by atoms with Gasteiger partial charge in [-0.25, -0.2) is 4.79 Å². The molecule has 1 heterocycles. The van der Waals surface area contributed by atoms with Crippen LogP contribution in [0.3, 0.4) is 0 Å². The van der Waals surface area contributed by atoms with E-state index in [1.54, 1.807) is 30.1 Å². The normalized spacial score (nSPS) is 19.7. The van der Waals surface area contributed by atoms with Crippen molar-refractivity contribution in [2.75, 3.05) is 11.9 Å². The highest BCUT2D eigenvalue weighted by Gasteiger charge is 2.40. The summed E-state index contributed by atoms with van der Waals surface area (Å²) in [5.41, 5.74) is 1.04. The van der Waals surface area contributed by atoms with E-state index in [2.05, 4.69) is 5.32 Å². The number of anilines is 1. The fourth-order valence-corrected chi connectivity index (χ4v) is 3.81. The van der Waals surface area contributed by atoms with Gasteiger partial charge >= 0.3 is 5.97 Å². The first kappa shape index (κ1) is 17.5. The van der Waals surface area contributed by atoms with Crippen LogP contribution in [-0.2, 0) is 16.0 Å². The number of carboxylic acids is 1. The van der Waals surface area contributed by atoms with Crippen molar-refractivity contribution in [1.82, 2.24) is 5.32 Å². The Morgan fingerprint density at radius 1 is 1.12 bits per heavy atom. The minimum Gasteiger partial charge on any atom is -0.480 e. The zero-order valence-electron chi connectivity index (χ0n) is 14.5. The molecule has 0 radical (unpaired) electrons. The third kappa shape index (κ3) is 3.38. The first-order valence-corrected chi connectivity index (χ1v) is 8.88. The van der Waals surface area contributed by atoms with Crippen molar-refractivity contribution in [1.29, 1.82) is 0 Å². The SMILES string of the molecule is CN1C(=O)CCc2cc(C(=O)NC3(C(=O)O)CCCCCC3)ccc21. The van der Waals surface area contributed by atoms with Gasteiger partial charge in [0.05, 0.1) is 0 Å². The minimum atomic E-state index is -1.17. The zero-order chi connectivity index (χ0) is 18.0. The van der Waals surface area contributed by atoms with Gasteiger partial charge in [0.15, 0.2) is 0 Å². The molecule has 1 fully saturated rings. The van der Waals surface area contributed by atoms with Crippen LogP contribution in [0.5, 0.6) is 0 Å². The van der Waals surface area contributed by atoms with Gasteiger partial charge in [-0.15, -0.1) is 0 Å². The summed E-state index contributed by atoms with van der Waals surface area (Å²) in [6, 6.07) is 5.21. The molecule has 25 heavy (non-hydrogen) atoms. The molecule has 1 aromatic rings. The summed E-state index contributed by atoms with van der Waals surface area (Å²) in [6.07, 6.45) is 5.59. The lowest BCUT2D eigenvalue weighted by Gasteiger charge is -2.30. The monoisotopic (exact) mass is 344 g/mol. The van der Waals surface area contributed by atoms with E-state index in [1.807, 2.05) is 0 Å². The molecule has 3 rings (SSSR count). The van der Waals surface area contributed by atoms with Gasteiger partial charge in [-0.05, 0) is 43.0 Å². The number of aryl methyl sites for hydroxylation is 1. The van der Waals surface area contributed by atoms with E-state index >= 15 is 0 Å². The number of rotatable bonds is 3. The summed E-state index contributed by atoms with van der Waals surface area (Å²) in [4.78, 5) is 37.9. The van der Waals surface area contributed by atoms with Crippen LogP contribution >= 0.6 is 0 Å². The summed E-state index contributed by atoms with van der Waals surface area (Å²) in [6.45, 7) is 0. The van der Waals surface area contributed by atoms with Crippen LogP contribution in [-0.4, -0.2) is 35.5 Å². The molecule has 1 aromatic carbocycles. The average molecular weight is 344 g/mol. The number of aliphatic carboxylic acids is 1. The Bertz CT molecular complexity index is 705. The molecule has 6 nitrogen and oxygen atoms in total. The molecule has 2 amide bonds. The number of carboxylic acid groups (broad SMARTS) is 1. The van der Waals surface area contributed by atoms with Gasteiger partial charge < -0.3 is 15.3 Å². The smallest absolute Gasteiger partial charge is 0.329 e. The molecule has 1 saturated carbocycles. The number of carbonyl (C=O) groups is 3. The van der Waals surface area contributed by atoms with Crippen molar-refractivity contribution in [2.24, 2.45) is 0 Å². The fraction of sp³-hybridized carbons (Fsp3) is 0.526. The van der Waals surface area contributed by atoms with Gasteiger partial charge in [0.25, 0.3) is 5.91 Å². The first-order chi connectivity index (χ1) is 11.9. The molecule has 0 unspecified atom stereocenters. The van der Waals surface area contributed by atoms with E-state index in [4.69, 9.17) is 0 Å². The zero-order valence-corrected chi connectivity index (χ0v) is 14.5. The molecule has 1 aliphatic heterocycles. The molecular weight excluding hydrogens is 320 g/mol. The molecule has 134 valence electrons. The summed E-state index contributed by atoms with van der Waals surface area (Å²) in [7, 11) is 1.73. The standard InChI is InChI=1S/C19H24N2O4/c1-21-15-8-6-14(12-13(15)7-9-16(21)22)17(23)20-19(18(24)25)10-4-2-3-5-11-19/h6,8,12H,2-5,7,9-11H2,1H3,(H,20,23)(H,24,25). The van der Waals surface area contributed by atoms with E-state index in [0.717, 1.165) is 36.9 Å². The quantitative estimate of drug-likeness (QED) is 0.825. The molecule has 0 spiro atoms. The maximum Gasteiger partial charge on any atom is 0.329 e. The van der Waals surface area contributed by atoms with Crippen molar-refractivity contribution >= 4 is 23.5 Å². The highest BCUT2D eigenvalue weighted by atomic mass is 16.4. The van der Waals surface area contributed by atoms with Gasteiger partial charge in [0.2, 0.25) is 5.91 Å². The molecule has 2 aliphatic rings. The maximum absolute atomic E-state index is 12.7. The average Bonchev–Trinajstić information content (AvgIpc) is 2.84. The molecule has 0 bridgehead atoms. The highest BCUT2D eigenvalue weighted by Crippen LogP contribution is 2.30. The highest BCUT2D eigenvalue weighted by molar-refractivity contribution is 6.00. The predicted octanol–water partition coefficient (Wildman–Crippen LogP) is 2.50. The molecule has 0 saturated heterocycles. The third-order valence-electron chi connectivity index (χ3n) is 5.40. The second-order valence-corrected chi connectivity index (χ2v) is 7.05. The van der Waals surface area contributed by atoms with Crippen molar-refractivity contribution in [2.45, 2.75) is 56.9 Å². The van der Waals surface area contributed by atoms with Gasteiger partial charge in [-0.2, -0.15) is 0 Å². The van der Waals surface area contributed by atoms with Crippen LogP contribution < -0.4 is 10.2 Å². The Morgan fingerprint density at radius 3 is 2.44 bits per heavy atom. The largest absolute Gasteiger partial charge is 0.480 e. The molecule has 0 atom stereocenters. The van der Waals surface area contributed by atoms with Crippen molar-refractivity contribution in [3.63, 3.8) is 0 Å². The third-order valence-corrected chi connectivity index (χ3v) is 5.40. The van der Waals surface area contributed by atoms with Crippen LogP contribution in [0.15, 0.2) is 18.2 Å². The summed E-state index contributed by atoms with van der Waals surface area (Å²) < 4.78 is 0. The first-order valence-electron chi connectivity index (χ1n) is 8.88. The van der Waals surface area contributed by atoms with Crippen LogP contribution in [0.4, 0.5) is 5.69 Å². The molecular formula is C19H24N2O4. The Morgan fingerprint density at radius 2 is 1.80 bits per heavy atom. The lowest BCUT2D eigenvalue weighted by molar-refractivity contribution is -0.145. The van der Waals surface area contributed by atoms with Gasteiger partial charge in [0, 0.05) is 24.7 Å². The number of amides is 2. The van der Waals surface area contributed by atoms with E-state index in [9.17, 15) is 19.5 Å². The Kier molecular flexibility index (Phi) is 4.79. The summed E-state index contributed by atoms with van der Waals surface area (Å²) in [5, 5.41) is 12.5. The lowest BCUT2D eigenvalue weighted by Crippen LogP contribution is -2.54. The number of nitrogens with zero attached hydrogens (tertiary/aromatic N) is 1. The van der Waals surface area contributed by atoms with Crippen LogP contribution in [0.2, 0.25) is 0 Å². The maximum atomic E-state index is 12.7. The van der Waals surface area contributed by atoms with Crippen molar-refractivity contribution < 1.29 is 19.5 Å². The van der Waals surface area contributed by atoms with Crippen molar-refractivity contribution in [3.8, 4) is 0 Å². The summed E-state index contributed by atoms with van der Waals surface area (Å²) >= 11 is 0. The number of fused-ring (bicyclic) bond motifs is 1. The number of carbonyl (C=O) groups excluding carboxylic acids is 2. The number of nitrogens with one attached hydrogen (secondary N) is 1. The molecule has 6 heteroatoms. The van der Waals surface area contributed by atoms with Gasteiger partial charge in [-0.3, -0.25) is 9.59 Å². The Labute approximate surface area is 147 Å². The van der Waals surface area contributed by atoms with Crippen molar-refractivity contribution in [3.05, 3.63) is 29.3 Å². The number of hydrogen-bond donors (Lipinski definition) is 2. The van der Waals surface area contributed by atoms with Gasteiger partial charge in [-0.1, -0.05) is 25.7 Å². The second kappa shape index (κ2) is 6.86. The van der Waals surface area contributed by atoms with Crippen LogP contribution in [0, 0.1) is 0 Å². The lowest BCUT2D eigenvalue weighted by atomic mass is 9.89. The van der Waals surface area contributed by atoms with E-state index in [1.165, 1.54) is 0 Å². The predicted molar refractivity (Wildman–Crippen MR) is 93.7 cm³/mol. The number of hydrogen-bond acceptors (Lipinski definition) is 3. The van der Waals surface area contributed by atoms with E-state index in [-0.39, 0.29) is 11.8 Å². The molecule has 0 aromatic heterocycles. The summed E-state index contributed by atoms with van der Waals surface area (Å²) in [5.74, 6) is -1.24. The van der Waals surface area contributed by atoms with Crippen LogP contribution in [0.1, 0.15) is 60.9 Å². The van der Waals surface area contributed by atoms with E-state index < -0.39 is 11.5 Å². The second-order valence-electron chi connectivity index (χ2n) is 7.05. The van der Waals surface area contributed by atoms with Gasteiger partial charge in [0.1, 0.15) is 5.54 Å². The van der Waals surface area contributed by atoms with E-state index in [0.29, 0.717) is 31.2 Å². The number of benzene rings is 1. The molecule has 2 N–H and O–H groups in total. The fourth-order valence-electron chi connectivity index (χ4n) is 3.81. The van der Waals surface area contributed by atoms with Crippen LogP contribution in [0.25, 0.3) is 0 Å². The Hall–Kier alpha value is -2.37. The topological polar surface area (TPSA) is 86.7 Å². The molecule has 1 aliphatic carbocycles.